The SMILES string of the molecule is CC(Sc1nnc(CN)n1C(C)C)C(=O)N1CCOCC1. The van der Waals surface area contributed by atoms with Crippen LogP contribution in [0.25, 0.3) is 0 Å². The van der Waals surface area contributed by atoms with Gasteiger partial charge in [-0.25, -0.2) is 0 Å². The second kappa shape index (κ2) is 7.24. The first kappa shape index (κ1) is 16.3. The van der Waals surface area contributed by atoms with Crippen molar-refractivity contribution in [2.45, 2.75) is 43.8 Å². The third kappa shape index (κ3) is 3.75. The van der Waals surface area contributed by atoms with Gasteiger partial charge in [0, 0.05) is 19.1 Å². The highest BCUT2D eigenvalue weighted by atomic mass is 32.2. The molecule has 2 N–H and O–H groups in total. The van der Waals surface area contributed by atoms with Crippen molar-refractivity contribution in [3.8, 4) is 0 Å². The Bertz CT molecular complexity index is 485. The molecule has 0 aliphatic carbocycles. The summed E-state index contributed by atoms with van der Waals surface area (Å²) >= 11 is 1.44. The van der Waals surface area contributed by atoms with Gasteiger partial charge in [0.1, 0.15) is 5.82 Å². The molecule has 118 valence electrons. The van der Waals surface area contributed by atoms with E-state index in [4.69, 9.17) is 10.5 Å². The number of nitrogens with zero attached hydrogens (tertiary/aromatic N) is 4. The molecule has 2 rings (SSSR count). The van der Waals surface area contributed by atoms with Gasteiger partial charge in [-0.3, -0.25) is 4.79 Å². The standard InChI is InChI=1S/C13H23N5O2S/c1-9(2)18-11(8-14)15-16-13(18)21-10(3)12(19)17-4-6-20-7-5-17/h9-10H,4-8,14H2,1-3H3. The Morgan fingerprint density at radius 2 is 2.00 bits per heavy atom. The van der Waals surface area contributed by atoms with Gasteiger partial charge in [-0.2, -0.15) is 0 Å². The molecule has 0 bridgehead atoms. The Hall–Kier alpha value is -1.12. The fourth-order valence-corrected chi connectivity index (χ4v) is 3.38. The van der Waals surface area contributed by atoms with Crippen LogP contribution in [-0.4, -0.2) is 57.1 Å². The Morgan fingerprint density at radius 1 is 1.33 bits per heavy atom. The monoisotopic (exact) mass is 313 g/mol. The first-order chi connectivity index (χ1) is 10.0. The number of thioether (sulfide) groups is 1. The molecule has 1 aromatic rings. The summed E-state index contributed by atoms with van der Waals surface area (Å²) in [5, 5.41) is 8.83. The molecule has 21 heavy (non-hydrogen) atoms. The summed E-state index contributed by atoms with van der Waals surface area (Å²) in [5.41, 5.74) is 5.69. The van der Waals surface area contributed by atoms with Crippen LogP contribution in [0.4, 0.5) is 0 Å². The first-order valence-electron chi connectivity index (χ1n) is 7.21. The fourth-order valence-electron chi connectivity index (χ4n) is 2.30. The molecule has 1 aromatic heterocycles. The smallest absolute Gasteiger partial charge is 0.236 e. The molecule has 1 aliphatic heterocycles. The number of rotatable bonds is 5. The van der Waals surface area contributed by atoms with E-state index in [1.807, 2.05) is 16.4 Å². The van der Waals surface area contributed by atoms with E-state index in [9.17, 15) is 4.79 Å². The van der Waals surface area contributed by atoms with Crippen LogP contribution in [0.2, 0.25) is 0 Å². The maximum atomic E-state index is 12.4. The van der Waals surface area contributed by atoms with Gasteiger partial charge in [0.2, 0.25) is 5.91 Å². The molecule has 0 saturated carbocycles. The number of amides is 1. The predicted molar refractivity (Wildman–Crippen MR) is 81.0 cm³/mol. The highest BCUT2D eigenvalue weighted by Crippen LogP contribution is 2.26. The normalized spacial score (nSPS) is 17.3. The van der Waals surface area contributed by atoms with Gasteiger partial charge >= 0.3 is 0 Å². The van der Waals surface area contributed by atoms with Crippen molar-refractivity contribution in [1.82, 2.24) is 19.7 Å². The van der Waals surface area contributed by atoms with E-state index in [0.29, 0.717) is 32.8 Å². The Balaban J connectivity index is 2.06. The van der Waals surface area contributed by atoms with Crippen molar-refractivity contribution < 1.29 is 9.53 Å². The summed E-state index contributed by atoms with van der Waals surface area (Å²) in [7, 11) is 0. The minimum absolute atomic E-state index is 0.121. The Morgan fingerprint density at radius 3 is 2.57 bits per heavy atom. The van der Waals surface area contributed by atoms with E-state index in [1.165, 1.54) is 11.8 Å². The molecule has 1 amide bonds. The summed E-state index contributed by atoms with van der Waals surface area (Å²) in [6, 6.07) is 0.215. The fraction of sp³-hybridized carbons (Fsp3) is 0.769. The number of aromatic nitrogens is 3. The Kier molecular flexibility index (Phi) is 5.60. The highest BCUT2D eigenvalue weighted by molar-refractivity contribution is 8.00. The van der Waals surface area contributed by atoms with Gasteiger partial charge in [0.15, 0.2) is 5.16 Å². The topological polar surface area (TPSA) is 86.3 Å². The van der Waals surface area contributed by atoms with Gasteiger partial charge in [0.25, 0.3) is 0 Å². The van der Waals surface area contributed by atoms with Crippen LogP contribution in [0, 0.1) is 0 Å². The molecule has 0 spiro atoms. The molecule has 2 heterocycles. The van der Waals surface area contributed by atoms with Crippen molar-refractivity contribution in [1.29, 1.82) is 0 Å². The van der Waals surface area contributed by atoms with Gasteiger partial charge < -0.3 is 19.9 Å². The number of morpholine rings is 1. The largest absolute Gasteiger partial charge is 0.378 e. The van der Waals surface area contributed by atoms with Gasteiger partial charge in [-0.15, -0.1) is 10.2 Å². The van der Waals surface area contributed by atoms with Crippen molar-refractivity contribution >= 4 is 17.7 Å². The van der Waals surface area contributed by atoms with E-state index >= 15 is 0 Å². The van der Waals surface area contributed by atoms with Crippen molar-refractivity contribution in [3.05, 3.63) is 5.82 Å². The first-order valence-corrected chi connectivity index (χ1v) is 8.09. The molecule has 1 unspecified atom stereocenters. The maximum absolute atomic E-state index is 12.4. The summed E-state index contributed by atoms with van der Waals surface area (Å²) in [6.45, 7) is 8.91. The number of carbonyl (C=O) groups excluding carboxylic acids is 1. The second-order valence-electron chi connectivity index (χ2n) is 5.26. The summed E-state index contributed by atoms with van der Waals surface area (Å²) < 4.78 is 7.27. The summed E-state index contributed by atoms with van der Waals surface area (Å²) in [5.74, 6) is 0.870. The molecule has 7 nitrogen and oxygen atoms in total. The van der Waals surface area contributed by atoms with E-state index in [-0.39, 0.29) is 17.2 Å². The Labute approximate surface area is 129 Å². The van der Waals surface area contributed by atoms with Crippen LogP contribution in [0.5, 0.6) is 0 Å². The molecule has 8 heteroatoms. The lowest BCUT2D eigenvalue weighted by Crippen LogP contribution is -2.44. The molecular weight excluding hydrogens is 290 g/mol. The quantitative estimate of drug-likeness (QED) is 0.804. The molecular formula is C13H23N5O2S. The van der Waals surface area contributed by atoms with Crippen molar-refractivity contribution in [2.24, 2.45) is 5.73 Å². The second-order valence-corrected chi connectivity index (χ2v) is 6.57. The lowest BCUT2D eigenvalue weighted by atomic mass is 10.3. The van der Waals surface area contributed by atoms with Gasteiger partial charge in [0.05, 0.1) is 25.0 Å². The van der Waals surface area contributed by atoms with Gasteiger partial charge in [-0.05, 0) is 20.8 Å². The maximum Gasteiger partial charge on any atom is 0.236 e. The zero-order chi connectivity index (χ0) is 15.4. The van der Waals surface area contributed by atoms with Gasteiger partial charge in [-0.1, -0.05) is 11.8 Å². The minimum atomic E-state index is -0.199. The number of hydrogen-bond acceptors (Lipinski definition) is 6. The average molecular weight is 313 g/mol. The highest BCUT2D eigenvalue weighted by Gasteiger charge is 2.25. The van der Waals surface area contributed by atoms with E-state index in [1.54, 1.807) is 0 Å². The van der Waals surface area contributed by atoms with Crippen LogP contribution in [0.15, 0.2) is 5.16 Å². The molecule has 1 aliphatic rings. The predicted octanol–water partition coefficient (Wildman–Crippen LogP) is 0.657. The van der Waals surface area contributed by atoms with E-state index in [2.05, 4.69) is 24.0 Å². The van der Waals surface area contributed by atoms with Crippen LogP contribution >= 0.6 is 11.8 Å². The third-order valence-electron chi connectivity index (χ3n) is 3.39. The molecule has 0 radical (unpaired) electrons. The van der Waals surface area contributed by atoms with Crippen LogP contribution in [-0.2, 0) is 16.1 Å². The number of nitrogens with two attached hydrogens (primary N) is 1. The number of carbonyl (C=O) groups is 1. The van der Waals surface area contributed by atoms with E-state index < -0.39 is 0 Å². The zero-order valence-electron chi connectivity index (χ0n) is 12.8. The lowest BCUT2D eigenvalue weighted by Gasteiger charge is -2.29. The number of hydrogen-bond donors (Lipinski definition) is 1. The van der Waals surface area contributed by atoms with Crippen LogP contribution < -0.4 is 5.73 Å². The van der Waals surface area contributed by atoms with Crippen LogP contribution in [0.1, 0.15) is 32.6 Å². The molecule has 1 fully saturated rings. The molecule has 1 saturated heterocycles. The molecule has 1 atom stereocenters. The van der Waals surface area contributed by atoms with E-state index in [0.717, 1.165) is 11.0 Å². The summed E-state index contributed by atoms with van der Waals surface area (Å²) in [4.78, 5) is 14.3. The minimum Gasteiger partial charge on any atom is -0.378 e. The third-order valence-corrected chi connectivity index (χ3v) is 4.43. The number of ether oxygens (including phenoxy) is 1. The zero-order valence-corrected chi connectivity index (χ0v) is 13.6. The van der Waals surface area contributed by atoms with Crippen LogP contribution in [0.3, 0.4) is 0 Å². The lowest BCUT2D eigenvalue weighted by molar-refractivity contribution is -0.134. The van der Waals surface area contributed by atoms with Crippen molar-refractivity contribution in [2.75, 3.05) is 26.3 Å². The average Bonchev–Trinajstić information content (AvgIpc) is 2.90. The summed E-state index contributed by atoms with van der Waals surface area (Å²) in [6.07, 6.45) is 0. The van der Waals surface area contributed by atoms with Crippen molar-refractivity contribution in [3.63, 3.8) is 0 Å². The molecule has 0 aromatic carbocycles.